The SMILES string of the molecule is C=CC(CO)OC(n1cnc2c(=O)[nH]c(N)nc21)C(F)(F)CO. The highest BCUT2D eigenvalue weighted by molar-refractivity contribution is 5.70. The number of H-pyrrole nitrogens is 1. The van der Waals surface area contributed by atoms with Crippen LogP contribution in [0.25, 0.3) is 11.2 Å². The van der Waals surface area contributed by atoms with E-state index in [4.69, 9.17) is 20.7 Å². The summed E-state index contributed by atoms with van der Waals surface area (Å²) in [5, 5.41) is 18.0. The lowest BCUT2D eigenvalue weighted by molar-refractivity contribution is -0.206. The summed E-state index contributed by atoms with van der Waals surface area (Å²) in [4.78, 5) is 21.4. The number of alkyl halides is 2. The number of hydrogen-bond acceptors (Lipinski definition) is 7. The predicted octanol–water partition coefficient (Wildman–Crippen LogP) is -0.609. The van der Waals surface area contributed by atoms with Crippen molar-refractivity contribution in [3.8, 4) is 0 Å². The maximum atomic E-state index is 14.1. The second kappa shape index (κ2) is 6.40. The highest BCUT2D eigenvalue weighted by atomic mass is 19.3. The summed E-state index contributed by atoms with van der Waals surface area (Å²) in [6, 6.07) is 0. The van der Waals surface area contributed by atoms with Crippen molar-refractivity contribution >= 4 is 17.1 Å². The molecule has 2 rings (SSSR count). The quantitative estimate of drug-likeness (QED) is 0.496. The summed E-state index contributed by atoms with van der Waals surface area (Å²) in [6.07, 6.45) is -1.18. The van der Waals surface area contributed by atoms with Crippen LogP contribution in [0, 0.1) is 0 Å². The number of ether oxygens (including phenoxy) is 1. The number of aliphatic hydroxyl groups excluding tert-OH is 2. The van der Waals surface area contributed by atoms with Gasteiger partial charge in [0.2, 0.25) is 12.2 Å². The van der Waals surface area contributed by atoms with Crippen molar-refractivity contribution in [2.45, 2.75) is 18.3 Å². The topological polar surface area (TPSA) is 139 Å². The molecule has 0 fully saturated rings. The molecule has 5 N–H and O–H groups in total. The standard InChI is InChI=1S/C12H15F2N5O4/c1-2-6(3-20)23-10(12(13,14)4-21)19-5-16-7-8(19)17-11(15)18-9(7)22/h2,5-6,10,20-21H,1,3-4H2,(H3,15,17,18,22). The highest BCUT2D eigenvalue weighted by Gasteiger charge is 2.43. The smallest absolute Gasteiger partial charge is 0.314 e. The molecule has 0 amide bonds. The number of anilines is 1. The normalized spacial score (nSPS) is 14.8. The minimum Gasteiger partial charge on any atom is -0.393 e. The fraction of sp³-hybridized carbons (Fsp3) is 0.417. The third kappa shape index (κ3) is 3.21. The molecule has 0 saturated heterocycles. The number of aliphatic hydroxyl groups is 2. The van der Waals surface area contributed by atoms with Crippen molar-refractivity contribution in [3.05, 3.63) is 29.3 Å². The van der Waals surface area contributed by atoms with Crippen molar-refractivity contribution in [1.29, 1.82) is 0 Å². The van der Waals surface area contributed by atoms with Crippen LogP contribution in [0.1, 0.15) is 6.23 Å². The Bertz CT molecular complexity index is 759. The van der Waals surface area contributed by atoms with Crippen molar-refractivity contribution < 1.29 is 23.7 Å². The summed E-state index contributed by atoms with van der Waals surface area (Å²) in [5.74, 6) is -4.04. The summed E-state index contributed by atoms with van der Waals surface area (Å²) < 4.78 is 34.0. The molecule has 0 bridgehead atoms. The van der Waals surface area contributed by atoms with E-state index in [0.717, 1.165) is 17.0 Å². The molecular formula is C12H15F2N5O4. The Kier molecular flexibility index (Phi) is 4.73. The summed E-state index contributed by atoms with van der Waals surface area (Å²) in [7, 11) is 0. The maximum absolute atomic E-state index is 14.1. The van der Waals surface area contributed by atoms with Gasteiger partial charge in [-0.05, 0) is 0 Å². The summed E-state index contributed by atoms with van der Waals surface area (Å²) >= 11 is 0. The van der Waals surface area contributed by atoms with Gasteiger partial charge >= 0.3 is 5.92 Å². The molecule has 0 aliphatic heterocycles. The van der Waals surface area contributed by atoms with Gasteiger partial charge in [-0.2, -0.15) is 13.8 Å². The highest BCUT2D eigenvalue weighted by Crippen LogP contribution is 2.32. The Hall–Kier alpha value is -2.37. The molecule has 0 spiro atoms. The minimum atomic E-state index is -3.75. The van der Waals surface area contributed by atoms with Crippen LogP contribution in [0.4, 0.5) is 14.7 Å². The third-order valence-corrected chi connectivity index (χ3v) is 3.02. The van der Waals surface area contributed by atoms with Crippen LogP contribution in [0.5, 0.6) is 0 Å². The number of nitrogens with two attached hydrogens (primary N) is 1. The van der Waals surface area contributed by atoms with E-state index >= 15 is 0 Å². The molecule has 2 heterocycles. The number of rotatable bonds is 7. The number of hydrogen-bond donors (Lipinski definition) is 4. The first-order valence-electron chi connectivity index (χ1n) is 6.44. The molecule has 11 heteroatoms. The van der Waals surface area contributed by atoms with Gasteiger partial charge in [-0.15, -0.1) is 6.58 Å². The van der Waals surface area contributed by atoms with E-state index in [1.807, 2.05) is 0 Å². The molecule has 0 saturated carbocycles. The number of nitrogens with one attached hydrogen (secondary N) is 1. The van der Waals surface area contributed by atoms with Gasteiger partial charge in [-0.3, -0.25) is 14.3 Å². The zero-order valence-corrected chi connectivity index (χ0v) is 11.8. The lowest BCUT2D eigenvalue weighted by Crippen LogP contribution is -2.39. The molecule has 0 aliphatic rings. The van der Waals surface area contributed by atoms with Crippen LogP contribution in [-0.2, 0) is 4.74 Å². The predicted molar refractivity (Wildman–Crippen MR) is 75.8 cm³/mol. The average molecular weight is 331 g/mol. The Morgan fingerprint density at radius 1 is 1.57 bits per heavy atom. The van der Waals surface area contributed by atoms with E-state index in [1.165, 1.54) is 0 Å². The van der Waals surface area contributed by atoms with Crippen LogP contribution in [0.2, 0.25) is 0 Å². The average Bonchev–Trinajstić information content (AvgIpc) is 2.92. The third-order valence-electron chi connectivity index (χ3n) is 3.02. The Morgan fingerprint density at radius 2 is 2.26 bits per heavy atom. The van der Waals surface area contributed by atoms with E-state index in [1.54, 1.807) is 0 Å². The number of fused-ring (bicyclic) bond motifs is 1. The van der Waals surface area contributed by atoms with Gasteiger partial charge in [0.05, 0.1) is 12.9 Å². The fourth-order valence-corrected chi connectivity index (χ4v) is 1.90. The van der Waals surface area contributed by atoms with Crippen LogP contribution in [0.3, 0.4) is 0 Å². The van der Waals surface area contributed by atoms with Crippen LogP contribution >= 0.6 is 0 Å². The first-order valence-corrected chi connectivity index (χ1v) is 6.44. The monoisotopic (exact) mass is 331 g/mol. The molecule has 2 atom stereocenters. The first-order chi connectivity index (χ1) is 10.8. The molecule has 2 aromatic heterocycles. The lowest BCUT2D eigenvalue weighted by Gasteiger charge is -2.29. The van der Waals surface area contributed by atoms with Crippen molar-refractivity contribution in [2.75, 3.05) is 18.9 Å². The molecule has 0 aromatic carbocycles. The van der Waals surface area contributed by atoms with Gasteiger partial charge in [0, 0.05) is 0 Å². The van der Waals surface area contributed by atoms with E-state index in [2.05, 4.69) is 21.5 Å². The van der Waals surface area contributed by atoms with Gasteiger partial charge in [0.15, 0.2) is 11.2 Å². The second-order valence-corrected chi connectivity index (χ2v) is 4.64. The van der Waals surface area contributed by atoms with Gasteiger partial charge < -0.3 is 20.7 Å². The first kappa shape index (κ1) is 17.0. The second-order valence-electron chi connectivity index (χ2n) is 4.64. The van der Waals surface area contributed by atoms with Crippen LogP contribution in [-0.4, -0.2) is 55.0 Å². The number of aromatic nitrogens is 4. The van der Waals surface area contributed by atoms with Gasteiger partial charge in [-0.1, -0.05) is 6.08 Å². The number of halogens is 2. The van der Waals surface area contributed by atoms with E-state index < -0.39 is 37.0 Å². The van der Waals surface area contributed by atoms with Gasteiger partial charge in [0.1, 0.15) is 12.7 Å². The fourth-order valence-electron chi connectivity index (χ4n) is 1.90. The number of aromatic amines is 1. The largest absolute Gasteiger partial charge is 0.393 e. The molecule has 126 valence electrons. The van der Waals surface area contributed by atoms with E-state index in [9.17, 15) is 13.6 Å². The summed E-state index contributed by atoms with van der Waals surface area (Å²) in [5.41, 5.74) is 4.23. The minimum absolute atomic E-state index is 0.222. The lowest BCUT2D eigenvalue weighted by atomic mass is 10.3. The molecule has 2 unspecified atom stereocenters. The molecule has 23 heavy (non-hydrogen) atoms. The number of imidazole rings is 1. The maximum Gasteiger partial charge on any atom is 0.314 e. The zero-order valence-electron chi connectivity index (χ0n) is 11.8. The summed E-state index contributed by atoms with van der Waals surface area (Å²) in [6.45, 7) is 1.21. The molecule has 0 aliphatic carbocycles. The van der Waals surface area contributed by atoms with Gasteiger partial charge in [-0.25, -0.2) is 4.98 Å². The molecule has 9 nitrogen and oxygen atoms in total. The van der Waals surface area contributed by atoms with Crippen molar-refractivity contribution in [3.63, 3.8) is 0 Å². The van der Waals surface area contributed by atoms with Crippen molar-refractivity contribution in [1.82, 2.24) is 19.5 Å². The van der Waals surface area contributed by atoms with Crippen LogP contribution < -0.4 is 11.3 Å². The van der Waals surface area contributed by atoms with Gasteiger partial charge in [0.25, 0.3) is 5.56 Å². The Morgan fingerprint density at radius 3 is 2.83 bits per heavy atom. The van der Waals surface area contributed by atoms with E-state index in [0.29, 0.717) is 0 Å². The van der Waals surface area contributed by atoms with Crippen LogP contribution in [0.15, 0.2) is 23.8 Å². The molecule has 2 aromatic rings. The Labute approximate surface area is 128 Å². The molecule has 0 radical (unpaired) electrons. The van der Waals surface area contributed by atoms with Crippen molar-refractivity contribution in [2.24, 2.45) is 0 Å². The number of nitrogen functional groups attached to an aromatic ring is 1. The Balaban J connectivity index is 2.59. The molecular weight excluding hydrogens is 316 g/mol. The number of nitrogens with zero attached hydrogens (tertiary/aromatic N) is 3. The zero-order chi connectivity index (χ0) is 17.2. The van der Waals surface area contributed by atoms with E-state index in [-0.39, 0.29) is 17.1 Å².